The van der Waals surface area contributed by atoms with Gasteiger partial charge in [-0.25, -0.2) is 14.8 Å². The van der Waals surface area contributed by atoms with E-state index in [1.165, 1.54) is 17.4 Å². The topological polar surface area (TPSA) is 67.4 Å². The molecule has 0 bridgehead atoms. The van der Waals surface area contributed by atoms with E-state index in [9.17, 15) is 18.0 Å². The van der Waals surface area contributed by atoms with Gasteiger partial charge in [-0.1, -0.05) is 19.1 Å². The molecule has 9 heteroatoms. The largest absolute Gasteiger partial charge is 0.414 e. The third-order valence-corrected chi connectivity index (χ3v) is 3.77. The number of alkyl halides is 3. The Bertz CT molecular complexity index is 764. The highest BCUT2D eigenvalue weighted by Gasteiger charge is 2.29. The number of benzene rings is 1. The maximum absolute atomic E-state index is 12.6. The first-order chi connectivity index (χ1) is 12.7. The zero-order valence-electron chi connectivity index (χ0n) is 15.2. The zero-order valence-corrected chi connectivity index (χ0v) is 15.2. The van der Waals surface area contributed by atoms with E-state index in [0.717, 1.165) is 5.56 Å². The molecular formula is C18H21F3N4O2. The lowest BCUT2D eigenvalue weighted by Crippen LogP contribution is -2.25. The minimum Gasteiger partial charge on any atom is -0.410 e. The van der Waals surface area contributed by atoms with Gasteiger partial charge in [0.05, 0.1) is 6.42 Å². The summed E-state index contributed by atoms with van der Waals surface area (Å²) in [5.41, 5.74) is 0.946. The average Bonchev–Trinajstić information content (AvgIpc) is 2.60. The monoisotopic (exact) mass is 382 g/mol. The standard InChI is InChI=1S/C18H21F3N4O2/c1-12(13-4-6-15(7-5-13)27-17(26)25(2)3)9-23-16-14(8-18(19,20)21)10-22-11-24-16/h4-7,10-12H,8-9H2,1-3H3,(H,22,23,24). The molecule has 27 heavy (non-hydrogen) atoms. The van der Waals surface area contributed by atoms with Crippen LogP contribution in [0.1, 0.15) is 24.0 Å². The quantitative estimate of drug-likeness (QED) is 0.822. The Kier molecular flexibility index (Phi) is 6.59. The van der Waals surface area contributed by atoms with E-state index < -0.39 is 18.7 Å². The second-order valence-corrected chi connectivity index (χ2v) is 6.30. The van der Waals surface area contributed by atoms with Gasteiger partial charge < -0.3 is 15.0 Å². The molecule has 0 aliphatic heterocycles. The van der Waals surface area contributed by atoms with Gasteiger partial charge in [-0.05, 0) is 23.6 Å². The van der Waals surface area contributed by atoms with E-state index in [1.54, 1.807) is 38.4 Å². The second kappa shape index (κ2) is 8.70. The molecule has 0 saturated carbocycles. The van der Waals surface area contributed by atoms with E-state index in [0.29, 0.717) is 12.3 Å². The molecule has 146 valence electrons. The van der Waals surface area contributed by atoms with Gasteiger partial charge in [0.15, 0.2) is 0 Å². The van der Waals surface area contributed by atoms with Gasteiger partial charge in [0, 0.05) is 32.4 Å². The first kappa shape index (κ1) is 20.5. The maximum Gasteiger partial charge on any atom is 0.414 e. The Morgan fingerprint density at radius 2 is 1.93 bits per heavy atom. The summed E-state index contributed by atoms with van der Waals surface area (Å²) in [4.78, 5) is 20.4. The molecule has 2 rings (SSSR count). The molecule has 6 nitrogen and oxygen atoms in total. The molecule has 0 aliphatic rings. The summed E-state index contributed by atoms with van der Waals surface area (Å²) >= 11 is 0. The molecule has 0 fully saturated rings. The number of halogens is 3. The van der Waals surface area contributed by atoms with Crippen LogP contribution in [0.15, 0.2) is 36.8 Å². The van der Waals surface area contributed by atoms with Crippen molar-refractivity contribution in [1.82, 2.24) is 14.9 Å². The van der Waals surface area contributed by atoms with Gasteiger partial charge in [0.1, 0.15) is 17.9 Å². The number of rotatable bonds is 6. The summed E-state index contributed by atoms with van der Waals surface area (Å²) in [6, 6.07) is 6.96. The minimum absolute atomic E-state index is 0.00250. The normalized spacial score (nSPS) is 12.4. The Hall–Kier alpha value is -2.84. The van der Waals surface area contributed by atoms with Crippen molar-refractivity contribution < 1.29 is 22.7 Å². The number of ether oxygens (including phenoxy) is 1. The number of hydrogen-bond acceptors (Lipinski definition) is 5. The number of carbonyl (C=O) groups is 1. The Morgan fingerprint density at radius 1 is 1.26 bits per heavy atom. The highest BCUT2D eigenvalue weighted by molar-refractivity contribution is 5.69. The van der Waals surface area contributed by atoms with E-state index >= 15 is 0 Å². The summed E-state index contributed by atoms with van der Waals surface area (Å²) in [5.74, 6) is 0.587. The van der Waals surface area contributed by atoms with Crippen molar-refractivity contribution in [3.05, 3.63) is 47.9 Å². The van der Waals surface area contributed by atoms with Crippen LogP contribution in [0.25, 0.3) is 0 Å². The van der Waals surface area contributed by atoms with Crippen molar-refractivity contribution in [1.29, 1.82) is 0 Å². The highest BCUT2D eigenvalue weighted by Crippen LogP contribution is 2.25. The number of nitrogens with zero attached hydrogens (tertiary/aromatic N) is 3. The highest BCUT2D eigenvalue weighted by atomic mass is 19.4. The van der Waals surface area contributed by atoms with Crippen molar-refractivity contribution in [2.45, 2.75) is 25.4 Å². The maximum atomic E-state index is 12.6. The van der Waals surface area contributed by atoms with E-state index in [1.807, 2.05) is 6.92 Å². The number of aromatic nitrogens is 2. The molecule has 0 spiro atoms. The minimum atomic E-state index is -4.33. The molecule has 1 N–H and O–H groups in total. The van der Waals surface area contributed by atoms with Gasteiger partial charge in [-0.3, -0.25) is 0 Å². The number of carbonyl (C=O) groups excluding carboxylic acids is 1. The van der Waals surface area contributed by atoms with Crippen LogP contribution in [0, 0.1) is 0 Å². The number of hydrogen-bond donors (Lipinski definition) is 1. The van der Waals surface area contributed by atoms with E-state index in [2.05, 4.69) is 15.3 Å². The van der Waals surface area contributed by atoms with Crippen LogP contribution in [0.5, 0.6) is 5.75 Å². The molecule has 0 aliphatic carbocycles. The van der Waals surface area contributed by atoms with Crippen molar-refractivity contribution in [2.24, 2.45) is 0 Å². The molecule has 1 heterocycles. The van der Waals surface area contributed by atoms with E-state index in [-0.39, 0.29) is 17.3 Å². The number of nitrogens with one attached hydrogen (secondary N) is 1. The summed E-state index contributed by atoms with van der Waals surface area (Å²) in [6.07, 6.45) is -3.51. The third kappa shape index (κ3) is 6.43. The second-order valence-electron chi connectivity index (χ2n) is 6.30. The van der Waals surface area contributed by atoms with Crippen molar-refractivity contribution in [2.75, 3.05) is 26.0 Å². The molecule has 1 atom stereocenters. The number of amides is 1. The lowest BCUT2D eigenvalue weighted by Gasteiger charge is -2.16. The fourth-order valence-corrected chi connectivity index (χ4v) is 2.29. The molecule has 1 amide bonds. The van der Waals surface area contributed by atoms with Gasteiger partial charge >= 0.3 is 12.3 Å². The predicted molar refractivity (Wildman–Crippen MR) is 94.8 cm³/mol. The van der Waals surface area contributed by atoms with Crippen molar-refractivity contribution >= 4 is 11.9 Å². The van der Waals surface area contributed by atoms with Crippen LogP contribution in [-0.4, -0.2) is 47.8 Å². The van der Waals surface area contributed by atoms with Crippen LogP contribution in [0.3, 0.4) is 0 Å². The van der Waals surface area contributed by atoms with Crippen LogP contribution in [0.2, 0.25) is 0 Å². The molecule has 1 aromatic carbocycles. The summed E-state index contributed by atoms with van der Waals surface area (Å²) in [7, 11) is 3.18. The molecular weight excluding hydrogens is 361 g/mol. The lowest BCUT2D eigenvalue weighted by molar-refractivity contribution is -0.127. The fourth-order valence-electron chi connectivity index (χ4n) is 2.29. The first-order valence-corrected chi connectivity index (χ1v) is 8.24. The van der Waals surface area contributed by atoms with Crippen LogP contribution in [-0.2, 0) is 6.42 Å². The van der Waals surface area contributed by atoms with Crippen molar-refractivity contribution in [3.8, 4) is 5.75 Å². The molecule has 0 radical (unpaired) electrons. The molecule has 0 saturated heterocycles. The predicted octanol–water partition coefficient (Wildman–Crippen LogP) is 3.86. The SMILES string of the molecule is CC(CNc1ncncc1CC(F)(F)F)c1ccc(OC(=O)N(C)C)cc1. The Balaban J connectivity index is 1.98. The summed E-state index contributed by atoms with van der Waals surface area (Å²) in [6.45, 7) is 2.32. The summed E-state index contributed by atoms with van der Waals surface area (Å²) < 4.78 is 43.1. The van der Waals surface area contributed by atoms with Crippen LogP contribution < -0.4 is 10.1 Å². The average molecular weight is 382 g/mol. The Morgan fingerprint density at radius 3 is 2.52 bits per heavy atom. The van der Waals surface area contributed by atoms with Crippen LogP contribution >= 0.6 is 0 Å². The zero-order chi connectivity index (χ0) is 20.0. The summed E-state index contributed by atoms with van der Waals surface area (Å²) in [5, 5.41) is 2.95. The van der Waals surface area contributed by atoms with Crippen LogP contribution in [0.4, 0.5) is 23.8 Å². The number of anilines is 1. The molecule has 1 aromatic heterocycles. The van der Waals surface area contributed by atoms with Gasteiger partial charge in [0.2, 0.25) is 0 Å². The molecule has 1 unspecified atom stereocenters. The molecule has 2 aromatic rings. The first-order valence-electron chi connectivity index (χ1n) is 8.24. The van der Waals surface area contributed by atoms with Gasteiger partial charge in [-0.15, -0.1) is 0 Å². The Labute approximate surface area is 155 Å². The third-order valence-electron chi connectivity index (χ3n) is 3.77. The van der Waals surface area contributed by atoms with Gasteiger partial charge in [-0.2, -0.15) is 13.2 Å². The fraction of sp³-hybridized carbons (Fsp3) is 0.389. The smallest absolute Gasteiger partial charge is 0.410 e. The van der Waals surface area contributed by atoms with Crippen molar-refractivity contribution in [3.63, 3.8) is 0 Å². The van der Waals surface area contributed by atoms with Gasteiger partial charge in [0.25, 0.3) is 0 Å². The van der Waals surface area contributed by atoms with E-state index in [4.69, 9.17) is 4.74 Å². The lowest BCUT2D eigenvalue weighted by atomic mass is 10.0.